The van der Waals surface area contributed by atoms with Crippen molar-refractivity contribution in [2.24, 2.45) is 5.92 Å². The number of nitrogens with zero attached hydrogens (tertiary/aromatic N) is 4. The largest absolute Gasteiger partial charge is 0.308 e. The molecule has 0 saturated carbocycles. The van der Waals surface area contributed by atoms with Gasteiger partial charge in [-0.2, -0.15) is 0 Å². The molecular formula is C16H36N4O. The Balaban J connectivity index is 3.74. The molecular weight excluding hydrogens is 264 g/mol. The monoisotopic (exact) mass is 300 g/mol. The molecule has 0 aliphatic heterocycles. The van der Waals surface area contributed by atoms with Crippen molar-refractivity contribution in [3.05, 3.63) is 0 Å². The van der Waals surface area contributed by atoms with E-state index in [1.54, 1.807) is 0 Å². The second kappa shape index (κ2) is 11.1. The molecule has 0 saturated heterocycles. The van der Waals surface area contributed by atoms with Crippen LogP contribution in [0.2, 0.25) is 0 Å². The van der Waals surface area contributed by atoms with Gasteiger partial charge in [0.2, 0.25) is 0 Å². The highest BCUT2D eigenvalue weighted by Crippen LogP contribution is 1.97. The molecule has 0 N–H and O–H groups in total. The van der Waals surface area contributed by atoms with E-state index in [1.807, 2.05) is 20.9 Å². The quantitative estimate of drug-likeness (QED) is 0.526. The van der Waals surface area contributed by atoms with Gasteiger partial charge in [-0.15, -0.1) is 0 Å². The maximum atomic E-state index is 11.7. The van der Waals surface area contributed by atoms with Gasteiger partial charge in [0, 0.05) is 45.2 Å². The average molecular weight is 300 g/mol. The van der Waals surface area contributed by atoms with Crippen molar-refractivity contribution in [3.63, 3.8) is 0 Å². The van der Waals surface area contributed by atoms with Gasteiger partial charge >= 0.3 is 0 Å². The lowest BCUT2D eigenvalue weighted by molar-refractivity contribution is -0.122. The van der Waals surface area contributed by atoms with Gasteiger partial charge in [-0.25, -0.2) is 0 Å². The summed E-state index contributed by atoms with van der Waals surface area (Å²) in [7, 11) is 10.6. The van der Waals surface area contributed by atoms with Crippen molar-refractivity contribution in [2.75, 3.05) is 81.1 Å². The van der Waals surface area contributed by atoms with Crippen LogP contribution in [0.5, 0.6) is 0 Å². The fraction of sp³-hybridized carbons (Fsp3) is 0.938. The molecule has 5 nitrogen and oxygen atoms in total. The van der Waals surface area contributed by atoms with Crippen molar-refractivity contribution in [1.29, 1.82) is 0 Å². The summed E-state index contributed by atoms with van der Waals surface area (Å²) in [5.74, 6) is 0.457. The van der Waals surface area contributed by atoms with Crippen LogP contribution < -0.4 is 0 Å². The number of rotatable bonds is 12. The standard InChI is InChI=1S/C16H36N4O/c1-15(2)16(21)14-20(7)13-12-19(6)11-10-18(5)9-8-17(3)4/h15H,8-14H2,1-7H3. The normalized spacial score (nSPS) is 12.4. The van der Waals surface area contributed by atoms with Crippen LogP contribution in [0, 0.1) is 5.92 Å². The summed E-state index contributed by atoms with van der Waals surface area (Å²) in [6.07, 6.45) is 0. The zero-order valence-electron chi connectivity index (χ0n) is 15.2. The van der Waals surface area contributed by atoms with E-state index in [2.05, 4.69) is 47.8 Å². The number of ketones is 1. The number of hydrogen-bond donors (Lipinski definition) is 0. The van der Waals surface area contributed by atoms with Crippen LogP contribution in [0.15, 0.2) is 0 Å². The van der Waals surface area contributed by atoms with Gasteiger partial charge in [0.15, 0.2) is 0 Å². The van der Waals surface area contributed by atoms with Crippen LogP contribution in [0.25, 0.3) is 0 Å². The first-order chi connectivity index (χ1) is 9.72. The lowest BCUT2D eigenvalue weighted by atomic mass is 10.1. The van der Waals surface area contributed by atoms with E-state index >= 15 is 0 Å². The summed E-state index contributed by atoms with van der Waals surface area (Å²) >= 11 is 0. The van der Waals surface area contributed by atoms with Crippen LogP contribution in [-0.2, 0) is 4.79 Å². The molecule has 21 heavy (non-hydrogen) atoms. The number of Topliss-reactive ketones (excluding diaryl/α,β-unsaturated/α-hetero) is 1. The Hall–Kier alpha value is -0.490. The average Bonchev–Trinajstić information content (AvgIpc) is 2.40. The molecule has 0 radical (unpaired) electrons. The molecule has 0 atom stereocenters. The molecule has 0 rings (SSSR count). The second-order valence-corrected chi connectivity index (χ2v) is 6.77. The summed E-state index contributed by atoms with van der Waals surface area (Å²) in [4.78, 5) is 20.7. The zero-order chi connectivity index (χ0) is 16.4. The third kappa shape index (κ3) is 11.8. The van der Waals surface area contributed by atoms with Gasteiger partial charge in [-0.05, 0) is 35.2 Å². The van der Waals surface area contributed by atoms with Gasteiger partial charge in [-0.3, -0.25) is 9.69 Å². The van der Waals surface area contributed by atoms with Gasteiger partial charge < -0.3 is 14.7 Å². The Labute approximate surface area is 131 Å². The van der Waals surface area contributed by atoms with E-state index < -0.39 is 0 Å². The summed E-state index contributed by atoms with van der Waals surface area (Å²) in [6.45, 7) is 10.8. The molecule has 0 amide bonds. The Bertz CT molecular complexity index is 281. The van der Waals surface area contributed by atoms with Crippen LogP contribution in [0.3, 0.4) is 0 Å². The third-order valence-corrected chi connectivity index (χ3v) is 3.73. The van der Waals surface area contributed by atoms with Gasteiger partial charge in [-0.1, -0.05) is 13.8 Å². The van der Waals surface area contributed by atoms with Crippen molar-refractivity contribution >= 4 is 5.78 Å². The molecule has 0 heterocycles. The molecule has 126 valence electrons. The predicted molar refractivity (Wildman–Crippen MR) is 90.9 cm³/mol. The smallest absolute Gasteiger partial charge is 0.149 e. The van der Waals surface area contributed by atoms with Crippen LogP contribution in [0.4, 0.5) is 0 Å². The lowest BCUT2D eigenvalue weighted by Gasteiger charge is -2.25. The minimum Gasteiger partial charge on any atom is -0.308 e. The van der Waals surface area contributed by atoms with Gasteiger partial charge in [0.05, 0.1) is 6.54 Å². The zero-order valence-corrected chi connectivity index (χ0v) is 15.2. The molecule has 5 heteroatoms. The summed E-state index contributed by atoms with van der Waals surface area (Å²) in [5.41, 5.74) is 0. The SMILES string of the molecule is CC(C)C(=O)CN(C)CCN(C)CCN(C)CCN(C)C. The van der Waals surface area contributed by atoms with Crippen molar-refractivity contribution in [3.8, 4) is 0 Å². The van der Waals surface area contributed by atoms with E-state index in [4.69, 9.17) is 0 Å². The highest BCUT2D eigenvalue weighted by atomic mass is 16.1. The number of carbonyl (C=O) groups excluding carboxylic acids is 1. The molecule has 0 unspecified atom stereocenters. The van der Waals surface area contributed by atoms with Crippen LogP contribution in [-0.4, -0.2) is 106 Å². The first-order valence-electron chi connectivity index (χ1n) is 7.95. The molecule has 0 spiro atoms. The highest BCUT2D eigenvalue weighted by molar-refractivity contribution is 5.82. The minimum absolute atomic E-state index is 0.135. The molecule has 0 aromatic heterocycles. The van der Waals surface area contributed by atoms with E-state index in [-0.39, 0.29) is 5.92 Å². The molecule has 0 aliphatic carbocycles. The maximum absolute atomic E-state index is 11.7. The first-order valence-corrected chi connectivity index (χ1v) is 7.95. The number of hydrogen-bond acceptors (Lipinski definition) is 5. The first kappa shape index (κ1) is 20.5. The maximum Gasteiger partial charge on any atom is 0.149 e. The molecule has 0 aromatic carbocycles. The number of likely N-dealkylation sites (N-methyl/N-ethyl adjacent to an activating group) is 4. The van der Waals surface area contributed by atoms with Crippen LogP contribution in [0.1, 0.15) is 13.8 Å². The predicted octanol–water partition coefficient (Wildman–Crippen LogP) is 0.569. The highest BCUT2D eigenvalue weighted by Gasteiger charge is 2.11. The topological polar surface area (TPSA) is 30.0 Å². The molecule has 0 aliphatic rings. The van der Waals surface area contributed by atoms with E-state index in [9.17, 15) is 4.79 Å². The van der Waals surface area contributed by atoms with Crippen LogP contribution >= 0.6 is 0 Å². The Morgan fingerprint density at radius 1 is 0.714 bits per heavy atom. The number of carbonyl (C=O) groups is 1. The van der Waals surface area contributed by atoms with Crippen molar-refractivity contribution in [2.45, 2.75) is 13.8 Å². The van der Waals surface area contributed by atoms with Crippen molar-refractivity contribution < 1.29 is 4.79 Å². The minimum atomic E-state index is 0.135. The fourth-order valence-corrected chi connectivity index (χ4v) is 1.80. The second-order valence-electron chi connectivity index (χ2n) is 6.77. The Kier molecular flexibility index (Phi) is 10.9. The molecule has 0 fully saturated rings. The fourth-order valence-electron chi connectivity index (χ4n) is 1.80. The Morgan fingerprint density at radius 3 is 1.48 bits per heavy atom. The van der Waals surface area contributed by atoms with Crippen molar-refractivity contribution in [1.82, 2.24) is 19.6 Å². The summed E-state index contributed by atoms with van der Waals surface area (Å²) in [6, 6.07) is 0. The summed E-state index contributed by atoms with van der Waals surface area (Å²) in [5, 5.41) is 0. The van der Waals surface area contributed by atoms with E-state index in [1.165, 1.54) is 0 Å². The third-order valence-electron chi connectivity index (χ3n) is 3.73. The van der Waals surface area contributed by atoms with Gasteiger partial charge in [0.1, 0.15) is 5.78 Å². The summed E-state index contributed by atoms with van der Waals surface area (Å²) < 4.78 is 0. The molecule has 0 aromatic rings. The molecule has 0 bridgehead atoms. The van der Waals surface area contributed by atoms with E-state index in [0.29, 0.717) is 12.3 Å². The van der Waals surface area contributed by atoms with E-state index in [0.717, 1.165) is 39.3 Å². The lowest BCUT2D eigenvalue weighted by Crippen LogP contribution is -2.38. The Morgan fingerprint density at radius 2 is 1.10 bits per heavy atom. The van der Waals surface area contributed by atoms with Gasteiger partial charge in [0.25, 0.3) is 0 Å².